The van der Waals surface area contributed by atoms with E-state index in [9.17, 15) is 111 Å². The smallest absolute Gasteiger partial charge is 0.304 e. The molecule has 4 heterocycles. The minimum atomic E-state index is -5.14. The molecule has 5 unspecified atom stereocenters. The van der Waals surface area contributed by atoms with Crippen LogP contribution in [0.5, 0.6) is 0 Å². The number of nitrogens with zero attached hydrogens (tertiary/aromatic N) is 6. The number of hydrogen-bond donors (Lipinski definition) is 0. The van der Waals surface area contributed by atoms with Gasteiger partial charge in [0.15, 0.2) is 23.1 Å². The van der Waals surface area contributed by atoms with Gasteiger partial charge in [-0.25, -0.2) is 0 Å². The van der Waals surface area contributed by atoms with Crippen LogP contribution >= 0.6 is 69.6 Å². The van der Waals surface area contributed by atoms with Gasteiger partial charge in [0, 0.05) is 158 Å². The quantitative estimate of drug-likeness (QED) is 0.0294. The van der Waals surface area contributed by atoms with Crippen LogP contribution in [0, 0.1) is 33.2 Å². The van der Waals surface area contributed by atoms with E-state index in [0.29, 0.717) is 70.6 Å². The molecule has 5 atom stereocenters. The number of nitro benzene ring substituents is 2. The summed E-state index contributed by atoms with van der Waals surface area (Å²) in [4.78, 5) is 118. The molecular weight excluding hydrogens is 1960 g/mol. The maximum atomic E-state index is 13.0. The second kappa shape index (κ2) is 43.3. The number of ketones is 4. The van der Waals surface area contributed by atoms with Crippen LogP contribution in [0.25, 0.3) is 64.6 Å². The number of carbonyl (C=O) groups is 8. The van der Waals surface area contributed by atoms with Crippen LogP contribution in [0.3, 0.4) is 0 Å². The summed E-state index contributed by atoms with van der Waals surface area (Å²) in [7, 11) is 0. The van der Waals surface area contributed by atoms with Crippen LogP contribution in [0.2, 0.25) is 0 Å². The SMILES string of the molecule is C/C=C\Cl.CC(=O)c1ccc2c3c(cc([N+](=O)[O-])c2c1)N(C(=O)C(F)(F)F)CC3CCl.CC(=O)c1ccc2c3c(ccc2c1)N(C(=O)C(F)(F)F)CC3CCl.CC(=O)c1cccc2c3c(cc([N+](=O)[O-])c12)N(C(=O)C(F)(F)F)CC3CCl.CC(=O)c1cccc2c3c(ccc12)N(C(=O)C(F)(F)F)CC3CCl.Cc1[c-]ccc2ccccc12.ClCC1CCc2ccc3ccccc3c21.[Y]. The summed E-state index contributed by atoms with van der Waals surface area (Å²) < 4.78 is 155. The maximum Gasteiger partial charge on any atom is 0.471 e. The van der Waals surface area contributed by atoms with Gasteiger partial charge in [-0.1, -0.05) is 152 Å². The molecular formula is C96H77Cl6F12N6O12Y-. The standard InChI is InChI=1S/2C17H12ClF3N2O4.2C17H13ClF3NO2.C14H13Cl.C11H9.C3H5Cl.Y/c1-8(24)9-2-3-11-12(4-9)13(23(26)27)5-14-15(11)10(6-18)7-22(14)16(25)17(19,20)21;1-8(24)10-3-2-4-11-14-9(6-18)7-22(16(25)17(19,20)21)12(14)5-13(15(10)11)23(26)27;1-9(23)10-2-4-13-11(6-10)3-5-14-15(13)12(7-18)8-22(14)16(24)17(19,20)21;1-9(23)11-3-2-4-13-12(11)5-6-14-15(13)10(7-18)8-22(14)16(24)17(19,20)21;15-9-12-8-7-11-6-5-10-3-1-2-4-13(10)14(11)12;1-9-5-4-7-10-6-2-3-8-11(9)10;1-2-3-4;/h2-5,10H,6-7H2,1H3;2-5,9H,6-7H2,1H3;2-6,12H,7-8H2,1H3;2-6,10H,7-8H2,1H3;1-6,12H,7-9H2;2-4,6-8H,1H3;2-3H,1H3;/q;;;;;-1;;/b;;;;;;3-2-;. The summed E-state index contributed by atoms with van der Waals surface area (Å²) in [6.07, 6.45) is -16.0. The molecule has 0 saturated heterocycles. The molecule has 18 nitrogen and oxygen atoms in total. The van der Waals surface area contributed by atoms with Crippen molar-refractivity contribution in [3.05, 3.63) is 281 Å². The second-order valence-corrected chi connectivity index (χ2v) is 33.0. The van der Waals surface area contributed by atoms with Crippen molar-refractivity contribution in [1.29, 1.82) is 0 Å². The van der Waals surface area contributed by atoms with E-state index >= 15 is 0 Å². The molecule has 1 aliphatic carbocycles. The second-order valence-electron chi connectivity index (χ2n) is 31.2. The Bertz CT molecular complexity index is 6630. The molecule has 17 rings (SSSR count). The van der Waals surface area contributed by atoms with E-state index in [2.05, 4.69) is 79.7 Å². The molecule has 1 radical (unpaired) electrons. The number of nitro groups is 2. The number of non-ortho nitro benzene ring substituents is 2. The minimum absolute atomic E-state index is 0. The molecule has 0 saturated carbocycles. The van der Waals surface area contributed by atoms with Crippen molar-refractivity contribution in [2.75, 3.05) is 75.2 Å². The molecule has 4 amide bonds. The fraction of sp³-hybridized carbons (Fsp3) is 0.271. The van der Waals surface area contributed by atoms with E-state index in [4.69, 9.17) is 69.6 Å². The van der Waals surface area contributed by atoms with Gasteiger partial charge in [-0.2, -0.15) is 76.4 Å². The first kappa shape index (κ1) is 104. The first-order valence-electron chi connectivity index (χ1n) is 40.4. The zero-order chi connectivity index (χ0) is 96.8. The number of amides is 4. The molecule has 0 fully saturated rings. The Hall–Kier alpha value is -10.7. The normalized spacial score (nSPS) is 16.2. The van der Waals surface area contributed by atoms with Crippen molar-refractivity contribution >= 4 is 215 Å². The van der Waals surface area contributed by atoms with Crippen molar-refractivity contribution in [3.8, 4) is 0 Å². The number of allylic oxidation sites excluding steroid dienone is 1. The molecule has 693 valence electrons. The van der Waals surface area contributed by atoms with Gasteiger partial charge in [-0.05, 0) is 160 Å². The molecule has 37 heteroatoms. The summed E-state index contributed by atoms with van der Waals surface area (Å²) in [6, 6.07) is 55.4. The number of anilines is 4. The third-order valence-corrected chi connectivity index (χ3v) is 25.1. The largest absolute Gasteiger partial charge is 0.471 e. The zero-order valence-electron chi connectivity index (χ0n) is 71.1. The summed E-state index contributed by atoms with van der Waals surface area (Å²) in [5.74, 6) is -9.74. The van der Waals surface area contributed by atoms with Crippen LogP contribution in [0.1, 0.15) is 151 Å². The number of rotatable bonds is 11. The first-order chi connectivity index (χ1) is 62.3. The number of halogens is 18. The first-order valence-corrected chi connectivity index (χ1v) is 43.5. The number of aryl methyl sites for hydroxylation is 2. The van der Waals surface area contributed by atoms with E-state index in [1.807, 2.05) is 13.0 Å². The molecule has 4 aliphatic heterocycles. The average Bonchev–Trinajstić information content (AvgIpc) is 1.62. The third-order valence-electron chi connectivity index (χ3n) is 23.0. The van der Waals surface area contributed by atoms with Crippen LogP contribution < -0.4 is 19.6 Å². The van der Waals surface area contributed by atoms with Gasteiger partial charge in [0.05, 0.1) is 32.0 Å². The molecule has 0 bridgehead atoms. The van der Waals surface area contributed by atoms with Gasteiger partial charge in [0.1, 0.15) is 0 Å². The minimum Gasteiger partial charge on any atom is -0.304 e. The Morgan fingerprint density at radius 1 is 0.398 bits per heavy atom. The average molecular weight is 2040 g/mol. The molecule has 133 heavy (non-hydrogen) atoms. The van der Waals surface area contributed by atoms with Crippen molar-refractivity contribution in [1.82, 2.24) is 0 Å². The van der Waals surface area contributed by atoms with E-state index in [-0.39, 0.29) is 156 Å². The van der Waals surface area contributed by atoms with Crippen molar-refractivity contribution < 1.29 is 134 Å². The number of benzene rings is 12. The fourth-order valence-corrected chi connectivity index (χ4v) is 18.4. The number of alkyl halides is 17. The van der Waals surface area contributed by atoms with Gasteiger partial charge in [0.2, 0.25) is 0 Å². The van der Waals surface area contributed by atoms with Crippen LogP contribution in [0.4, 0.5) is 86.8 Å². The summed E-state index contributed by atoms with van der Waals surface area (Å²) in [5.41, 5.74) is 7.88. The number of hydrogen-bond acceptors (Lipinski definition) is 12. The molecule has 5 aliphatic rings. The van der Waals surface area contributed by atoms with E-state index < -0.39 is 93.1 Å². The van der Waals surface area contributed by atoms with Crippen molar-refractivity contribution in [3.63, 3.8) is 0 Å². The summed E-state index contributed by atoms with van der Waals surface area (Å²) in [5, 5.41) is 31.8. The summed E-state index contributed by atoms with van der Waals surface area (Å²) >= 11 is 34.7. The molecule has 12 aromatic rings. The third kappa shape index (κ3) is 22.3. The molecule has 0 aromatic heterocycles. The van der Waals surface area contributed by atoms with Crippen molar-refractivity contribution in [2.24, 2.45) is 0 Å². The number of fused-ring (bicyclic) bond motifs is 16. The molecule has 12 aromatic carbocycles. The van der Waals surface area contributed by atoms with Gasteiger partial charge in [-0.3, -0.25) is 58.6 Å². The topological polar surface area (TPSA) is 236 Å². The van der Waals surface area contributed by atoms with Crippen LogP contribution in [-0.2, 0) is 58.3 Å². The number of Topliss-reactive ketones (excluding diaryl/α,β-unsaturated/α-hetero) is 4. The van der Waals surface area contributed by atoms with E-state index in [1.54, 1.807) is 54.6 Å². The van der Waals surface area contributed by atoms with E-state index in [0.717, 1.165) is 33.2 Å². The Balaban J connectivity index is 0.000000167. The van der Waals surface area contributed by atoms with Gasteiger partial charge >= 0.3 is 48.3 Å². The fourth-order valence-electron chi connectivity index (χ4n) is 17.1. The monoisotopic (exact) mass is 2030 g/mol. The predicted molar refractivity (Wildman–Crippen MR) is 491 cm³/mol. The van der Waals surface area contributed by atoms with Crippen LogP contribution in [-0.4, -0.2) is 137 Å². The van der Waals surface area contributed by atoms with Crippen LogP contribution in [0.15, 0.2) is 194 Å². The maximum absolute atomic E-state index is 13.0. The molecule has 0 spiro atoms. The number of carbonyl (C=O) groups excluding carboxylic acids is 8. The zero-order valence-corrected chi connectivity index (χ0v) is 78.5. The van der Waals surface area contributed by atoms with Crippen molar-refractivity contribution in [2.45, 2.75) is 109 Å². The Morgan fingerprint density at radius 3 is 1.22 bits per heavy atom. The Morgan fingerprint density at radius 2 is 0.767 bits per heavy atom. The molecule has 0 N–H and O–H groups in total. The Labute approximate surface area is 807 Å². The van der Waals surface area contributed by atoms with Gasteiger partial charge in [0.25, 0.3) is 11.4 Å². The Kier molecular flexibility index (Phi) is 34.0. The van der Waals surface area contributed by atoms with Gasteiger partial charge < -0.3 is 19.6 Å². The van der Waals surface area contributed by atoms with E-state index in [1.165, 1.54) is 133 Å². The predicted octanol–water partition coefficient (Wildman–Crippen LogP) is 25.7. The summed E-state index contributed by atoms with van der Waals surface area (Å²) in [6.45, 7) is 8.45. The van der Waals surface area contributed by atoms with Gasteiger partial charge in [-0.15, -0.1) is 74.8 Å².